The summed E-state index contributed by atoms with van der Waals surface area (Å²) in [5.41, 5.74) is 1.53. The van der Waals surface area contributed by atoms with Crippen molar-refractivity contribution in [1.82, 2.24) is 20.1 Å². The minimum Gasteiger partial charge on any atom is -0.440 e. The van der Waals surface area contributed by atoms with Gasteiger partial charge in [-0.15, -0.1) is 11.3 Å². The Labute approximate surface area is 137 Å². The van der Waals surface area contributed by atoms with Gasteiger partial charge in [-0.1, -0.05) is 6.07 Å². The zero-order chi connectivity index (χ0) is 16.0. The highest BCUT2D eigenvalue weighted by Crippen LogP contribution is 2.40. The van der Waals surface area contributed by atoms with Crippen molar-refractivity contribution in [2.45, 2.75) is 25.3 Å². The van der Waals surface area contributed by atoms with Crippen LogP contribution in [0.15, 0.2) is 34.3 Å². The molecule has 3 aromatic rings. The number of amides is 1. The lowest BCUT2D eigenvalue weighted by Gasteiger charge is -2.01. The Bertz CT molecular complexity index is 849. The number of hydrogen-bond acceptors (Lipinski definition) is 5. The third-order valence-corrected chi connectivity index (χ3v) is 4.86. The van der Waals surface area contributed by atoms with Crippen molar-refractivity contribution >= 4 is 17.2 Å². The second-order valence-corrected chi connectivity index (χ2v) is 6.72. The number of nitrogens with zero attached hydrogens (tertiary/aromatic N) is 3. The zero-order valence-corrected chi connectivity index (χ0v) is 13.6. The second-order valence-electron chi connectivity index (χ2n) is 5.77. The molecule has 3 heterocycles. The van der Waals surface area contributed by atoms with Crippen LogP contribution in [0.1, 0.15) is 34.2 Å². The van der Waals surface area contributed by atoms with Crippen LogP contribution in [0.2, 0.25) is 0 Å². The number of nitrogens with one attached hydrogen (secondary N) is 1. The summed E-state index contributed by atoms with van der Waals surface area (Å²) < 4.78 is 7.40. The van der Waals surface area contributed by atoms with E-state index in [1.807, 2.05) is 37.0 Å². The molecule has 7 heteroatoms. The van der Waals surface area contributed by atoms with E-state index in [2.05, 4.69) is 15.4 Å². The van der Waals surface area contributed by atoms with Crippen LogP contribution >= 0.6 is 11.3 Å². The van der Waals surface area contributed by atoms with Crippen LogP contribution in [0.4, 0.5) is 0 Å². The Morgan fingerprint density at radius 3 is 3.09 bits per heavy atom. The van der Waals surface area contributed by atoms with Crippen LogP contribution in [0.3, 0.4) is 0 Å². The third-order valence-electron chi connectivity index (χ3n) is 4.00. The summed E-state index contributed by atoms with van der Waals surface area (Å²) in [6, 6.07) is 4.01. The summed E-state index contributed by atoms with van der Waals surface area (Å²) in [5, 5.41) is 9.16. The predicted molar refractivity (Wildman–Crippen MR) is 86.4 cm³/mol. The maximum atomic E-state index is 12.4. The molecule has 1 aliphatic rings. The number of aryl methyl sites for hydroxylation is 2. The predicted octanol–water partition coefficient (Wildman–Crippen LogP) is 2.73. The Morgan fingerprint density at radius 1 is 1.52 bits per heavy atom. The van der Waals surface area contributed by atoms with Gasteiger partial charge in [-0.25, -0.2) is 4.98 Å². The van der Waals surface area contributed by atoms with Crippen LogP contribution < -0.4 is 5.32 Å². The summed E-state index contributed by atoms with van der Waals surface area (Å²) in [7, 11) is 1.89. The van der Waals surface area contributed by atoms with Gasteiger partial charge >= 0.3 is 0 Å². The molecular weight excluding hydrogens is 312 g/mol. The molecule has 1 fully saturated rings. The highest BCUT2D eigenvalue weighted by Gasteiger charge is 2.41. The summed E-state index contributed by atoms with van der Waals surface area (Å²) in [6.07, 6.45) is 4.78. The standard InChI is InChI=1S/C16H16N4O2S/c1-9-14(19-16(22-9)13-4-3-5-23-13)15(21)18-12-6-11(12)10-7-17-20(2)8-10/h3-5,7-8,11-12H,6H2,1-2H3,(H,18,21)/t11-,12+/m0/s1. The molecule has 1 N–H and O–H groups in total. The van der Waals surface area contributed by atoms with Crippen LogP contribution in [0, 0.1) is 6.92 Å². The van der Waals surface area contributed by atoms with Crippen molar-refractivity contribution in [3.05, 3.63) is 46.9 Å². The molecule has 0 spiro atoms. The van der Waals surface area contributed by atoms with Crippen LogP contribution in [-0.4, -0.2) is 26.7 Å². The van der Waals surface area contributed by atoms with Gasteiger partial charge in [-0.05, 0) is 30.4 Å². The van der Waals surface area contributed by atoms with E-state index in [9.17, 15) is 4.79 Å². The Morgan fingerprint density at radius 2 is 2.39 bits per heavy atom. The quantitative estimate of drug-likeness (QED) is 0.799. The maximum Gasteiger partial charge on any atom is 0.273 e. The van der Waals surface area contributed by atoms with E-state index in [4.69, 9.17) is 4.42 Å². The van der Waals surface area contributed by atoms with Gasteiger partial charge in [-0.3, -0.25) is 9.48 Å². The molecule has 2 atom stereocenters. The largest absolute Gasteiger partial charge is 0.440 e. The fourth-order valence-electron chi connectivity index (χ4n) is 2.70. The first-order chi connectivity index (χ1) is 11.1. The van der Waals surface area contributed by atoms with Crippen molar-refractivity contribution < 1.29 is 9.21 Å². The van der Waals surface area contributed by atoms with Gasteiger partial charge in [0.25, 0.3) is 5.91 Å². The van der Waals surface area contributed by atoms with Crippen LogP contribution in [-0.2, 0) is 7.05 Å². The molecule has 0 bridgehead atoms. The molecular formula is C16H16N4O2S. The smallest absolute Gasteiger partial charge is 0.273 e. The van der Waals surface area contributed by atoms with Crippen LogP contribution in [0.5, 0.6) is 0 Å². The number of hydrogen-bond donors (Lipinski definition) is 1. The van der Waals surface area contributed by atoms with Gasteiger partial charge in [-0.2, -0.15) is 5.10 Å². The highest BCUT2D eigenvalue weighted by atomic mass is 32.1. The molecule has 6 nitrogen and oxygen atoms in total. The molecule has 1 aliphatic carbocycles. The first-order valence-electron chi connectivity index (χ1n) is 7.42. The minimum absolute atomic E-state index is 0.146. The lowest BCUT2D eigenvalue weighted by atomic mass is 10.2. The number of aromatic nitrogens is 3. The third kappa shape index (κ3) is 2.68. The van der Waals surface area contributed by atoms with E-state index in [1.54, 1.807) is 11.6 Å². The van der Waals surface area contributed by atoms with E-state index in [0.717, 1.165) is 16.9 Å². The number of carbonyl (C=O) groups excluding carboxylic acids is 1. The molecule has 3 aromatic heterocycles. The van der Waals surface area contributed by atoms with Crippen LogP contribution in [0.25, 0.3) is 10.8 Å². The average Bonchev–Trinajstić information content (AvgIpc) is 2.95. The van der Waals surface area contributed by atoms with Crippen molar-refractivity contribution in [3.8, 4) is 10.8 Å². The molecule has 4 rings (SSSR count). The monoisotopic (exact) mass is 328 g/mol. The Balaban J connectivity index is 1.46. The molecule has 0 aromatic carbocycles. The maximum absolute atomic E-state index is 12.4. The van der Waals surface area contributed by atoms with Gasteiger partial charge in [0.2, 0.25) is 5.89 Å². The van der Waals surface area contributed by atoms with Crippen molar-refractivity contribution in [3.63, 3.8) is 0 Å². The van der Waals surface area contributed by atoms with Gasteiger partial charge in [0.05, 0.1) is 11.1 Å². The second kappa shape index (κ2) is 5.34. The van der Waals surface area contributed by atoms with E-state index in [1.165, 1.54) is 11.3 Å². The molecule has 1 amide bonds. The van der Waals surface area contributed by atoms with Crippen molar-refractivity contribution in [1.29, 1.82) is 0 Å². The van der Waals surface area contributed by atoms with Crippen molar-refractivity contribution in [2.24, 2.45) is 7.05 Å². The molecule has 0 aliphatic heterocycles. The number of oxazole rings is 1. The minimum atomic E-state index is -0.176. The van der Waals surface area contributed by atoms with E-state index in [-0.39, 0.29) is 11.9 Å². The SMILES string of the molecule is Cc1oc(-c2cccs2)nc1C(=O)N[C@@H]1C[C@H]1c1cnn(C)c1. The zero-order valence-electron chi connectivity index (χ0n) is 12.8. The molecule has 0 saturated heterocycles. The number of thiophene rings is 1. The van der Waals surface area contributed by atoms with E-state index < -0.39 is 0 Å². The lowest BCUT2D eigenvalue weighted by molar-refractivity contribution is 0.0944. The Hall–Kier alpha value is -2.41. The fourth-order valence-corrected chi connectivity index (χ4v) is 3.35. The van der Waals surface area contributed by atoms with Gasteiger partial charge in [0.15, 0.2) is 5.69 Å². The normalized spacial score (nSPS) is 19.7. The van der Waals surface area contributed by atoms with Gasteiger partial charge in [0, 0.05) is 25.2 Å². The molecule has 0 radical (unpaired) electrons. The summed E-state index contributed by atoms with van der Waals surface area (Å²) in [5.74, 6) is 1.22. The number of rotatable bonds is 4. The van der Waals surface area contributed by atoms with E-state index >= 15 is 0 Å². The van der Waals surface area contributed by atoms with Gasteiger partial charge in [0.1, 0.15) is 5.76 Å². The first kappa shape index (κ1) is 14.2. The summed E-state index contributed by atoms with van der Waals surface area (Å²) >= 11 is 1.54. The van der Waals surface area contributed by atoms with E-state index in [0.29, 0.717) is 23.3 Å². The molecule has 118 valence electrons. The first-order valence-corrected chi connectivity index (χ1v) is 8.30. The molecule has 1 saturated carbocycles. The number of carbonyl (C=O) groups is 1. The Kier molecular flexibility index (Phi) is 3.30. The fraction of sp³-hybridized carbons (Fsp3) is 0.312. The van der Waals surface area contributed by atoms with Gasteiger partial charge < -0.3 is 9.73 Å². The molecule has 0 unspecified atom stereocenters. The summed E-state index contributed by atoms with van der Waals surface area (Å²) in [6.45, 7) is 1.77. The topological polar surface area (TPSA) is 73.0 Å². The molecule has 23 heavy (non-hydrogen) atoms. The van der Waals surface area contributed by atoms with Crippen molar-refractivity contribution in [2.75, 3.05) is 0 Å². The lowest BCUT2D eigenvalue weighted by Crippen LogP contribution is -2.27. The highest BCUT2D eigenvalue weighted by molar-refractivity contribution is 7.13. The summed E-state index contributed by atoms with van der Waals surface area (Å²) in [4.78, 5) is 17.7. The average molecular weight is 328 g/mol.